The van der Waals surface area contributed by atoms with Crippen LogP contribution in [0.15, 0.2) is 30.3 Å². The second-order valence-corrected chi connectivity index (χ2v) is 7.62. The first-order valence-corrected chi connectivity index (χ1v) is 7.68. The molecule has 3 rings (SSSR count). The molecule has 0 radical (unpaired) electrons. The summed E-state index contributed by atoms with van der Waals surface area (Å²) in [5.41, 5.74) is -1.33. The van der Waals surface area contributed by atoms with Gasteiger partial charge in [-0.15, -0.1) is 11.8 Å². The quantitative estimate of drug-likeness (QED) is 0.564. The second kappa shape index (κ2) is 6.45. The zero-order valence-electron chi connectivity index (χ0n) is 13.9. The standard InChI is InChI=1S/C15H17NO4S.K.H/c1-14(2)15(13(18)19,16-11(17)8-12(16)21-14)9-20-10-6-4-3-5-7-10;;/h3-7,12H,8-9H2,1-2H3,(H,18,19);;/q;+1;-1/t12-,15+;;/m1../s1. The maximum Gasteiger partial charge on any atom is 1.00 e. The van der Waals surface area contributed by atoms with Crippen LogP contribution in [0.3, 0.4) is 0 Å². The average Bonchev–Trinajstić information content (AvgIpc) is 2.61. The number of para-hydroxylation sites is 1. The van der Waals surface area contributed by atoms with E-state index in [1.165, 1.54) is 16.7 Å². The van der Waals surface area contributed by atoms with Crippen molar-refractivity contribution in [2.75, 3.05) is 6.61 Å². The van der Waals surface area contributed by atoms with Crippen LogP contribution >= 0.6 is 11.8 Å². The molecule has 2 fully saturated rings. The van der Waals surface area contributed by atoms with Crippen LogP contribution in [0.4, 0.5) is 0 Å². The van der Waals surface area contributed by atoms with Crippen molar-refractivity contribution >= 4 is 23.6 Å². The molecule has 1 N–H and O–H groups in total. The minimum absolute atomic E-state index is 0. The van der Waals surface area contributed by atoms with E-state index in [2.05, 4.69) is 0 Å². The summed E-state index contributed by atoms with van der Waals surface area (Å²) in [6, 6.07) is 9.08. The van der Waals surface area contributed by atoms with Gasteiger partial charge in [0.25, 0.3) is 0 Å². The summed E-state index contributed by atoms with van der Waals surface area (Å²) >= 11 is 1.54. The van der Waals surface area contributed by atoms with Gasteiger partial charge in [-0.05, 0) is 26.0 Å². The predicted molar refractivity (Wildman–Crippen MR) is 80.3 cm³/mol. The zero-order chi connectivity index (χ0) is 15.3. The number of carboxylic acid groups (broad SMARTS) is 1. The fraction of sp³-hybridized carbons (Fsp3) is 0.467. The summed E-state index contributed by atoms with van der Waals surface area (Å²) < 4.78 is 5.10. The average molecular weight is 347 g/mol. The van der Waals surface area contributed by atoms with E-state index in [4.69, 9.17) is 4.74 Å². The normalized spacial score (nSPS) is 28.4. The number of carbonyl (C=O) groups excluding carboxylic acids is 1. The van der Waals surface area contributed by atoms with Gasteiger partial charge in [0.15, 0.2) is 5.54 Å². The van der Waals surface area contributed by atoms with Crippen LogP contribution < -0.4 is 56.1 Å². The molecular weight excluding hydrogens is 329 g/mol. The SMILES string of the molecule is CC1(C)S[C@@H]2CC(=O)N2[C@@]1(COc1ccccc1)C(=O)O.[H-].[K+]. The van der Waals surface area contributed by atoms with Crippen molar-refractivity contribution in [3.05, 3.63) is 30.3 Å². The van der Waals surface area contributed by atoms with E-state index < -0.39 is 16.3 Å². The molecule has 114 valence electrons. The van der Waals surface area contributed by atoms with Gasteiger partial charge in [-0.2, -0.15) is 0 Å². The third-order valence-corrected chi connectivity index (χ3v) is 5.87. The van der Waals surface area contributed by atoms with Crippen molar-refractivity contribution in [1.82, 2.24) is 4.90 Å². The van der Waals surface area contributed by atoms with Gasteiger partial charge in [0, 0.05) is 0 Å². The molecule has 2 saturated heterocycles. The van der Waals surface area contributed by atoms with Crippen molar-refractivity contribution in [2.45, 2.75) is 35.9 Å². The summed E-state index contributed by atoms with van der Waals surface area (Å²) in [5, 5.41) is 9.78. The van der Waals surface area contributed by atoms with Crippen molar-refractivity contribution in [1.29, 1.82) is 0 Å². The monoisotopic (exact) mass is 347 g/mol. The van der Waals surface area contributed by atoms with Gasteiger partial charge in [0.05, 0.1) is 16.5 Å². The first-order chi connectivity index (χ1) is 9.88. The summed E-state index contributed by atoms with van der Waals surface area (Å²) in [7, 11) is 0. The van der Waals surface area contributed by atoms with E-state index in [1.807, 2.05) is 32.0 Å². The molecule has 22 heavy (non-hydrogen) atoms. The summed E-state index contributed by atoms with van der Waals surface area (Å²) in [4.78, 5) is 25.4. The summed E-state index contributed by atoms with van der Waals surface area (Å²) in [5.74, 6) is -0.515. The van der Waals surface area contributed by atoms with Crippen LogP contribution in [0.5, 0.6) is 5.75 Å². The van der Waals surface area contributed by atoms with Gasteiger partial charge in [0.1, 0.15) is 12.4 Å². The van der Waals surface area contributed by atoms with Crippen LogP contribution in [0.25, 0.3) is 0 Å². The number of aliphatic carboxylic acids is 1. The number of rotatable bonds is 4. The molecule has 1 aromatic rings. The predicted octanol–water partition coefficient (Wildman–Crippen LogP) is -0.911. The molecule has 2 heterocycles. The maximum atomic E-state index is 12.0. The number of hydrogen-bond acceptors (Lipinski definition) is 4. The van der Waals surface area contributed by atoms with E-state index in [-0.39, 0.29) is 70.7 Å². The number of thioether (sulfide) groups is 1. The molecule has 0 saturated carbocycles. The van der Waals surface area contributed by atoms with E-state index in [9.17, 15) is 14.7 Å². The topological polar surface area (TPSA) is 66.8 Å². The van der Waals surface area contributed by atoms with Gasteiger partial charge in [-0.25, -0.2) is 4.79 Å². The van der Waals surface area contributed by atoms with Gasteiger partial charge < -0.3 is 16.2 Å². The fourth-order valence-corrected chi connectivity index (χ4v) is 4.79. The first-order valence-electron chi connectivity index (χ1n) is 6.80. The Labute approximate surface area is 177 Å². The number of ether oxygens (including phenoxy) is 1. The number of hydrogen-bond donors (Lipinski definition) is 1. The Morgan fingerprint density at radius 3 is 2.64 bits per heavy atom. The molecule has 0 unspecified atom stereocenters. The van der Waals surface area contributed by atoms with E-state index >= 15 is 0 Å². The van der Waals surface area contributed by atoms with Gasteiger partial charge in [-0.3, -0.25) is 4.79 Å². The van der Waals surface area contributed by atoms with Crippen LogP contribution in [-0.4, -0.2) is 44.1 Å². The third kappa shape index (κ3) is 2.65. The Bertz CT molecular complexity index is 600. The van der Waals surface area contributed by atoms with E-state index in [0.717, 1.165) is 0 Å². The number of benzene rings is 1. The molecular formula is C15H18KNO4S. The first kappa shape index (κ1) is 18.3. The van der Waals surface area contributed by atoms with Crippen molar-refractivity contribution in [3.63, 3.8) is 0 Å². The number of nitrogens with zero attached hydrogens (tertiary/aromatic N) is 1. The molecule has 7 heteroatoms. The van der Waals surface area contributed by atoms with Crippen molar-refractivity contribution in [2.24, 2.45) is 0 Å². The Morgan fingerprint density at radius 1 is 1.45 bits per heavy atom. The molecule has 2 aliphatic rings. The van der Waals surface area contributed by atoms with E-state index in [0.29, 0.717) is 12.2 Å². The van der Waals surface area contributed by atoms with Crippen LogP contribution in [-0.2, 0) is 9.59 Å². The summed E-state index contributed by atoms with van der Waals surface area (Å²) in [6.45, 7) is 3.69. The minimum atomic E-state index is -1.33. The number of amides is 1. The third-order valence-electron chi connectivity index (χ3n) is 4.29. The van der Waals surface area contributed by atoms with Crippen molar-refractivity contribution in [3.8, 4) is 5.75 Å². The fourth-order valence-electron chi connectivity index (χ4n) is 3.04. The minimum Gasteiger partial charge on any atom is -1.00 e. The molecule has 1 aromatic carbocycles. The molecule has 0 aliphatic carbocycles. The smallest absolute Gasteiger partial charge is 1.00 e. The second-order valence-electron chi connectivity index (χ2n) is 5.82. The largest absolute Gasteiger partial charge is 1.00 e. The van der Waals surface area contributed by atoms with E-state index in [1.54, 1.807) is 12.1 Å². The number of fused-ring (bicyclic) bond motifs is 1. The van der Waals surface area contributed by atoms with Gasteiger partial charge >= 0.3 is 57.4 Å². The molecule has 0 aromatic heterocycles. The molecule has 5 nitrogen and oxygen atoms in total. The molecule has 0 bridgehead atoms. The Hall–Kier alpha value is -0.0536. The number of carboxylic acids is 1. The van der Waals surface area contributed by atoms with Crippen LogP contribution in [0, 0.1) is 0 Å². The Morgan fingerprint density at radius 2 is 2.09 bits per heavy atom. The Balaban J connectivity index is 0.00000132. The Kier molecular flexibility index (Phi) is 5.36. The van der Waals surface area contributed by atoms with Crippen LogP contribution in [0.1, 0.15) is 21.7 Å². The zero-order valence-corrected chi connectivity index (χ0v) is 16.8. The summed E-state index contributed by atoms with van der Waals surface area (Å²) in [6.07, 6.45) is 0.411. The maximum absolute atomic E-state index is 12.0. The molecule has 1 amide bonds. The van der Waals surface area contributed by atoms with Gasteiger partial charge in [-0.1, -0.05) is 18.2 Å². The van der Waals surface area contributed by atoms with Crippen LogP contribution in [0.2, 0.25) is 0 Å². The molecule has 0 spiro atoms. The number of β-lactam (4-membered cyclic amide) rings is 1. The molecule has 2 aliphatic heterocycles. The van der Waals surface area contributed by atoms with Crippen molar-refractivity contribution < 1.29 is 72.2 Å². The number of carbonyl (C=O) groups is 2. The molecule has 2 atom stereocenters. The van der Waals surface area contributed by atoms with Gasteiger partial charge in [0.2, 0.25) is 5.91 Å².